The topological polar surface area (TPSA) is 86.8 Å². The molecular formula is C21H24ClFN6O. The van der Waals surface area contributed by atoms with Crippen molar-refractivity contribution in [3.8, 4) is 11.4 Å². The molecule has 0 saturated carbocycles. The van der Waals surface area contributed by atoms with Gasteiger partial charge in [-0.1, -0.05) is 12.1 Å². The second kappa shape index (κ2) is 10.2. The van der Waals surface area contributed by atoms with Gasteiger partial charge in [-0.3, -0.25) is 4.79 Å². The van der Waals surface area contributed by atoms with Crippen molar-refractivity contribution in [3.05, 3.63) is 59.9 Å². The lowest BCUT2D eigenvalue weighted by atomic mass is 9.90. The molecule has 7 nitrogen and oxygen atoms in total. The van der Waals surface area contributed by atoms with Crippen molar-refractivity contribution in [1.29, 1.82) is 0 Å². The number of hydrogen-bond donors (Lipinski definition) is 2. The summed E-state index contributed by atoms with van der Waals surface area (Å²) >= 11 is 0. The molecule has 4 rings (SSSR count). The molecule has 30 heavy (non-hydrogen) atoms. The van der Waals surface area contributed by atoms with Gasteiger partial charge in [0.05, 0.1) is 6.54 Å². The first-order chi connectivity index (χ1) is 14.2. The second-order valence-corrected chi connectivity index (χ2v) is 7.34. The number of benzene rings is 2. The molecule has 0 unspecified atom stereocenters. The van der Waals surface area contributed by atoms with E-state index in [4.69, 9.17) is 0 Å². The fraction of sp³-hybridized carbons (Fsp3) is 0.333. The molecule has 158 valence electrons. The monoisotopic (exact) mass is 430 g/mol. The number of nitrogens with one attached hydrogen (secondary N) is 2. The zero-order valence-corrected chi connectivity index (χ0v) is 17.2. The van der Waals surface area contributed by atoms with Gasteiger partial charge in [0.2, 0.25) is 5.91 Å². The van der Waals surface area contributed by atoms with E-state index >= 15 is 0 Å². The van der Waals surface area contributed by atoms with Gasteiger partial charge in [0, 0.05) is 24.3 Å². The van der Waals surface area contributed by atoms with E-state index in [1.807, 2.05) is 41.3 Å². The lowest BCUT2D eigenvalue weighted by Crippen LogP contribution is -2.41. The molecule has 2 aromatic carbocycles. The van der Waals surface area contributed by atoms with Crippen molar-refractivity contribution in [2.24, 2.45) is 5.92 Å². The summed E-state index contributed by atoms with van der Waals surface area (Å²) in [4.78, 5) is 14.4. The van der Waals surface area contributed by atoms with E-state index in [1.165, 1.54) is 12.1 Å². The minimum Gasteiger partial charge on any atom is -0.376 e. The maximum atomic E-state index is 13.0. The third-order valence-electron chi connectivity index (χ3n) is 5.35. The van der Waals surface area contributed by atoms with Gasteiger partial charge in [-0.2, -0.15) is 0 Å². The van der Waals surface area contributed by atoms with Gasteiger partial charge in [0.15, 0.2) is 5.82 Å². The molecule has 3 aromatic rings. The van der Waals surface area contributed by atoms with E-state index in [1.54, 1.807) is 0 Å². The normalized spacial score (nSPS) is 14.2. The molecule has 0 aliphatic carbocycles. The lowest BCUT2D eigenvalue weighted by molar-refractivity contribution is -0.130. The number of aromatic nitrogens is 4. The van der Waals surface area contributed by atoms with E-state index < -0.39 is 0 Å². The Morgan fingerprint density at radius 1 is 1.10 bits per heavy atom. The summed E-state index contributed by atoms with van der Waals surface area (Å²) in [7, 11) is 0. The zero-order valence-electron chi connectivity index (χ0n) is 16.4. The van der Waals surface area contributed by atoms with Gasteiger partial charge in [-0.15, -0.1) is 17.5 Å². The number of tetrazole rings is 1. The minimum absolute atomic E-state index is 0. The molecule has 0 bridgehead atoms. The maximum Gasteiger partial charge on any atom is 0.241 e. The highest BCUT2D eigenvalue weighted by molar-refractivity contribution is 5.85. The average molecular weight is 431 g/mol. The summed E-state index contributed by atoms with van der Waals surface area (Å²) in [6.45, 7) is 1.81. The first kappa shape index (κ1) is 21.7. The number of hydrogen-bond acceptors (Lipinski definition) is 5. The van der Waals surface area contributed by atoms with Crippen molar-refractivity contribution in [2.75, 3.05) is 25.0 Å². The first-order valence-electron chi connectivity index (χ1n) is 9.77. The quantitative estimate of drug-likeness (QED) is 0.626. The Bertz CT molecular complexity index is 925. The number of piperidine rings is 1. The summed E-state index contributed by atoms with van der Waals surface area (Å²) in [5.74, 6) is 1.05. The van der Waals surface area contributed by atoms with Crippen molar-refractivity contribution >= 4 is 24.0 Å². The van der Waals surface area contributed by atoms with Crippen molar-refractivity contribution in [1.82, 2.24) is 25.5 Å². The first-order valence-corrected chi connectivity index (χ1v) is 9.77. The molecule has 2 N–H and O–H groups in total. The van der Waals surface area contributed by atoms with Crippen LogP contribution in [-0.2, 0) is 11.2 Å². The summed E-state index contributed by atoms with van der Waals surface area (Å²) in [5, 5.41) is 16.9. The number of halogens is 2. The Kier molecular flexibility index (Phi) is 7.35. The predicted octanol–water partition coefficient (Wildman–Crippen LogP) is 3.32. The smallest absolute Gasteiger partial charge is 0.241 e. The van der Waals surface area contributed by atoms with Crippen LogP contribution in [-0.4, -0.2) is 51.1 Å². The maximum absolute atomic E-state index is 13.0. The second-order valence-electron chi connectivity index (χ2n) is 7.34. The summed E-state index contributed by atoms with van der Waals surface area (Å²) in [6.07, 6.45) is 2.89. The lowest BCUT2D eigenvalue weighted by Gasteiger charge is -2.32. The highest BCUT2D eigenvalue weighted by atomic mass is 35.5. The van der Waals surface area contributed by atoms with E-state index in [-0.39, 0.29) is 30.7 Å². The number of likely N-dealkylation sites (tertiary alicyclic amines) is 1. The number of amides is 1. The van der Waals surface area contributed by atoms with Gasteiger partial charge in [-0.05, 0) is 77.6 Å². The molecule has 1 saturated heterocycles. The van der Waals surface area contributed by atoms with Crippen LogP contribution in [0, 0.1) is 11.7 Å². The number of carbonyl (C=O) groups excluding carboxylic acids is 1. The van der Waals surface area contributed by atoms with Gasteiger partial charge in [-0.25, -0.2) is 9.49 Å². The molecule has 0 radical (unpaired) electrons. The third-order valence-corrected chi connectivity index (χ3v) is 5.35. The van der Waals surface area contributed by atoms with Crippen LogP contribution in [0.15, 0.2) is 48.5 Å². The van der Waals surface area contributed by atoms with Crippen LogP contribution >= 0.6 is 12.4 Å². The molecular weight excluding hydrogens is 407 g/mol. The Hall–Kier alpha value is -3.00. The molecule has 9 heteroatoms. The number of H-pyrrole nitrogens is 1. The van der Waals surface area contributed by atoms with Gasteiger partial charge < -0.3 is 10.2 Å². The number of anilines is 1. The average Bonchev–Trinajstić information content (AvgIpc) is 3.29. The summed E-state index contributed by atoms with van der Waals surface area (Å²) in [5.41, 5.74) is 2.92. The molecule has 1 amide bonds. The molecule has 0 atom stereocenters. The molecule has 0 spiro atoms. The predicted molar refractivity (Wildman–Crippen MR) is 115 cm³/mol. The number of carbonyl (C=O) groups is 1. The van der Waals surface area contributed by atoms with Gasteiger partial charge in [0.25, 0.3) is 0 Å². The van der Waals surface area contributed by atoms with Crippen LogP contribution in [0.5, 0.6) is 0 Å². The van der Waals surface area contributed by atoms with E-state index in [9.17, 15) is 9.18 Å². The molecule has 1 aliphatic heterocycles. The van der Waals surface area contributed by atoms with Crippen LogP contribution in [0.3, 0.4) is 0 Å². The number of nitrogens with zero attached hydrogens (tertiary/aromatic N) is 4. The highest BCUT2D eigenvalue weighted by Crippen LogP contribution is 2.22. The SMILES string of the molecule is Cl.O=C(CNc1ccc(-c2nnn[nH]2)cc1)N1CCC(Cc2ccc(F)cc2)CC1. The fourth-order valence-electron chi connectivity index (χ4n) is 3.66. The fourth-order valence-corrected chi connectivity index (χ4v) is 3.66. The van der Waals surface area contributed by atoms with Crippen LogP contribution in [0.4, 0.5) is 10.1 Å². The van der Waals surface area contributed by atoms with Crippen LogP contribution in [0.1, 0.15) is 18.4 Å². The Labute approximate surface area is 180 Å². The summed E-state index contributed by atoms with van der Waals surface area (Å²) < 4.78 is 13.0. The van der Waals surface area contributed by atoms with Crippen LogP contribution in [0.2, 0.25) is 0 Å². The zero-order chi connectivity index (χ0) is 20.1. The molecule has 1 aromatic heterocycles. The van der Waals surface area contributed by atoms with E-state index in [0.717, 1.165) is 49.2 Å². The number of aromatic amines is 1. The summed E-state index contributed by atoms with van der Waals surface area (Å²) in [6, 6.07) is 14.3. The minimum atomic E-state index is -0.203. The van der Waals surface area contributed by atoms with Gasteiger partial charge in [0.1, 0.15) is 5.82 Å². The van der Waals surface area contributed by atoms with Crippen LogP contribution < -0.4 is 5.32 Å². The molecule has 2 heterocycles. The van der Waals surface area contributed by atoms with Crippen molar-refractivity contribution in [2.45, 2.75) is 19.3 Å². The van der Waals surface area contributed by atoms with Gasteiger partial charge >= 0.3 is 0 Å². The van der Waals surface area contributed by atoms with Crippen molar-refractivity contribution < 1.29 is 9.18 Å². The van der Waals surface area contributed by atoms with Crippen LogP contribution in [0.25, 0.3) is 11.4 Å². The number of rotatable bonds is 6. The Balaban J connectivity index is 0.00000256. The highest BCUT2D eigenvalue weighted by Gasteiger charge is 2.22. The van der Waals surface area contributed by atoms with E-state index in [2.05, 4.69) is 25.9 Å². The third kappa shape index (κ3) is 5.54. The standard InChI is InChI=1S/C21H23FN6O.ClH/c22-18-5-1-15(2-6-18)13-16-9-11-28(12-10-16)20(29)14-23-19-7-3-17(4-8-19)21-24-26-27-25-21;/h1-8,16,23H,9-14H2,(H,24,25,26,27);1H. The van der Waals surface area contributed by atoms with E-state index in [0.29, 0.717) is 11.7 Å². The Morgan fingerprint density at radius 2 is 1.80 bits per heavy atom. The largest absolute Gasteiger partial charge is 0.376 e. The molecule has 1 fully saturated rings. The van der Waals surface area contributed by atoms with Crippen molar-refractivity contribution in [3.63, 3.8) is 0 Å². The molecule has 1 aliphatic rings. The Morgan fingerprint density at radius 3 is 2.43 bits per heavy atom.